The summed E-state index contributed by atoms with van der Waals surface area (Å²) < 4.78 is 0. The highest BCUT2D eigenvalue weighted by molar-refractivity contribution is 14.0. The third-order valence-corrected chi connectivity index (χ3v) is 4.61. The van der Waals surface area contributed by atoms with Crippen molar-refractivity contribution in [1.82, 2.24) is 15.6 Å². The van der Waals surface area contributed by atoms with Crippen LogP contribution < -0.4 is 10.6 Å². The zero-order chi connectivity index (χ0) is 20.6. The van der Waals surface area contributed by atoms with E-state index in [-0.39, 0.29) is 29.4 Å². The Balaban J connectivity index is 0.00000420. The van der Waals surface area contributed by atoms with E-state index in [4.69, 9.17) is 0 Å². The Bertz CT molecular complexity index is 752. The van der Waals surface area contributed by atoms with Gasteiger partial charge in [-0.2, -0.15) is 0 Å². The lowest BCUT2D eigenvalue weighted by Gasteiger charge is -2.20. The van der Waals surface area contributed by atoms with E-state index >= 15 is 0 Å². The number of guanidine groups is 1. The molecule has 0 aliphatic rings. The topological polar surface area (TPSA) is 69.5 Å². The maximum atomic E-state index is 10.5. The first-order valence-corrected chi connectivity index (χ1v) is 10.0. The molecular weight excluding hydrogens is 475 g/mol. The number of rotatable bonds is 7. The smallest absolute Gasteiger partial charge is 0.191 e. The van der Waals surface area contributed by atoms with Crippen LogP contribution in [0.1, 0.15) is 56.2 Å². The van der Waals surface area contributed by atoms with Crippen LogP contribution in [0, 0.1) is 6.92 Å². The molecule has 29 heavy (non-hydrogen) atoms. The van der Waals surface area contributed by atoms with Crippen LogP contribution in [0.5, 0.6) is 0 Å². The number of nitrogens with one attached hydrogen (secondary N) is 2. The first-order chi connectivity index (χ1) is 13.3. The Morgan fingerprint density at radius 1 is 1.10 bits per heavy atom. The number of aliphatic imine (C=N–C) groups is 1. The number of pyridine rings is 1. The van der Waals surface area contributed by atoms with Gasteiger partial charge < -0.3 is 15.7 Å². The lowest BCUT2D eigenvalue weighted by atomic mass is 9.86. The van der Waals surface area contributed by atoms with E-state index in [9.17, 15) is 5.11 Å². The van der Waals surface area contributed by atoms with Gasteiger partial charge in [-0.15, -0.1) is 24.0 Å². The molecule has 0 amide bonds. The van der Waals surface area contributed by atoms with Crippen molar-refractivity contribution in [2.75, 3.05) is 19.6 Å². The van der Waals surface area contributed by atoms with Gasteiger partial charge in [0, 0.05) is 25.0 Å². The van der Waals surface area contributed by atoms with Crippen LogP contribution in [0.15, 0.2) is 47.6 Å². The van der Waals surface area contributed by atoms with E-state index < -0.39 is 6.10 Å². The molecule has 2 aromatic rings. The van der Waals surface area contributed by atoms with E-state index in [1.807, 2.05) is 38.2 Å². The number of aliphatic hydroxyl groups excluding tert-OH is 1. The largest absolute Gasteiger partial charge is 0.386 e. The van der Waals surface area contributed by atoms with Crippen LogP contribution >= 0.6 is 24.0 Å². The molecule has 0 spiro atoms. The van der Waals surface area contributed by atoms with Crippen LogP contribution in [0.4, 0.5) is 0 Å². The van der Waals surface area contributed by atoms with E-state index in [0.717, 1.165) is 30.8 Å². The third-order valence-electron chi connectivity index (χ3n) is 4.61. The monoisotopic (exact) mass is 510 g/mol. The molecule has 1 heterocycles. The van der Waals surface area contributed by atoms with E-state index in [1.165, 1.54) is 11.1 Å². The molecule has 1 aromatic carbocycles. The third kappa shape index (κ3) is 8.70. The minimum Gasteiger partial charge on any atom is -0.386 e. The quantitative estimate of drug-likeness (QED) is 0.298. The van der Waals surface area contributed by atoms with E-state index in [2.05, 4.69) is 59.6 Å². The van der Waals surface area contributed by atoms with Gasteiger partial charge in [-0.3, -0.25) is 9.98 Å². The molecule has 0 fully saturated rings. The predicted molar refractivity (Wildman–Crippen MR) is 132 cm³/mol. The van der Waals surface area contributed by atoms with Crippen molar-refractivity contribution in [2.24, 2.45) is 4.99 Å². The molecule has 0 saturated carbocycles. The number of halogens is 1. The molecule has 1 unspecified atom stereocenters. The Morgan fingerprint density at radius 3 is 2.34 bits per heavy atom. The average Bonchev–Trinajstić information content (AvgIpc) is 2.67. The summed E-state index contributed by atoms with van der Waals surface area (Å²) in [6.45, 7) is 12.4. The van der Waals surface area contributed by atoms with E-state index in [1.54, 1.807) is 0 Å². The van der Waals surface area contributed by atoms with Crippen molar-refractivity contribution in [3.05, 3.63) is 65.0 Å². The van der Waals surface area contributed by atoms with Crippen molar-refractivity contribution < 1.29 is 5.11 Å². The standard InChI is InChI=1S/C23H34N4O.HI/c1-6-24-22(25-14-13-18-8-7-17(2)26-15-18)27-16-21(28)19-9-11-20(12-10-19)23(3,4)5;/h7-12,15,21,28H,6,13-14,16H2,1-5H3,(H2,24,25,27);1H. The molecule has 6 heteroatoms. The second kappa shape index (κ2) is 12.1. The Morgan fingerprint density at radius 2 is 1.79 bits per heavy atom. The Hall–Kier alpha value is -1.67. The number of hydrogen-bond donors (Lipinski definition) is 3. The number of aryl methyl sites for hydroxylation is 1. The molecule has 3 N–H and O–H groups in total. The van der Waals surface area contributed by atoms with Gasteiger partial charge in [0.25, 0.3) is 0 Å². The molecule has 0 bridgehead atoms. The fraction of sp³-hybridized carbons (Fsp3) is 0.478. The van der Waals surface area contributed by atoms with Gasteiger partial charge in [-0.25, -0.2) is 0 Å². The number of aromatic nitrogens is 1. The van der Waals surface area contributed by atoms with Crippen LogP contribution in [-0.2, 0) is 11.8 Å². The molecule has 1 aromatic heterocycles. The molecule has 5 nitrogen and oxygen atoms in total. The molecule has 160 valence electrons. The first kappa shape index (κ1) is 25.4. The lowest BCUT2D eigenvalue weighted by Crippen LogP contribution is -2.38. The second-order valence-corrected chi connectivity index (χ2v) is 8.09. The van der Waals surface area contributed by atoms with Gasteiger partial charge in [0.15, 0.2) is 5.96 Å². The summed E-state index contributed by atoms with van der Waals surface area (Å²) in [6.07, 6.45) is 2.16. The Kier molecular flexibility index (Phi) is 10.6. The Labute approximate surface area is 192 Å². The molecule has 0 radical (unpaired) electrons. The molecule has 0 saturated heterocycles. The summed E-state index contributed by atoms with van der Waals surface area (Å²) >= 11 is 0. The molecule has 2 rings (SSSR count). The maximum absolute atomic E-state index is 10.5. The molecular formula is C23H35IN4O. The van der Waals surface area contributed by atoms with Gasteiger partial charge in [0.2, 0.25) is 0 Å². The second-order valence-electron chi connectivity index (χ2n) is 8.09. The zero-order valence-electron chi connectivity index (χ0n) is 18.2. The van der Waals surface area contributed by atoms with Crippen molar-refractivity contribution in [2.45, 2.75) is 52.6 Å². The van der Waals surface area contributed by atoms with E-state index in [0.29, 0.717) is 12.5 Å². The zero-order valence-corrected chi connectivity index (χ0v) is 20.5. The SMILES string of the molecule is CCNC(=NCC(O)c1ccc(C(C)(C)C)cc1)NCCc1ccc(C)nc1.I. The lowest BCUT2D eigenvalue weighted by molar-refractivity contribution is 0.187. The normalized spacial score (nSPS) is 12.8. The fourth-order valence-electron chi connectivity index (χ4n) is 2.80. The summed E-state index contributed by atoms with van der Waals surface area (Å²) in [5, 5.41) is 17.0. The van der Waals surface area contributed by atoms with Crippen molar-refractivity contribution in [3.8, 4) is 0 Å². The van der Waals surface area contributed by atoms with Crippen molar-refractivity contribution in [1.29, 1.82) is 0 Å². The molecule has 1 atom stereocenters. The van der Waals surface area contributed by atoms with Crippen molar-refractivity contribution >= 4 is 29.9 Å². The minimum absolute atomic E-state index is 0. The van der Waals surface area contributed by atoms with Crippen molar-refractivity contribution in [3.63, 3.8) is 0 Å². The summed E-state index contributed by atoms with van der Waals surface area (Å²) in [6, 6.07) is 12.3. The highest BCUT2D eigenvalue weighted by Crippen LogP contribution is 2.24. The summed E-state index contributed by atoms with van der Waals surface area (Å²) in [5.41, 5.74) is 4.46. The summed E-state index contributed by atoms with van der Waals surface area (Å²) in [7, 11) is 0. The maximum Gasteiger partial charge on any atom is 0.191 e. The van der Waals surface area contributed by atoms with Crippen LogP contribution in [0.2, 0.25) is 0 Å². The summed E-state index contributed by atoms with van der Waals surface area (Å²) in [4.78, 5) is 8.86. The van der Waals surface area contributed by atoms with Gasteiger partial charge in [0.1, 0.15) is 0 Å². The number of aliphatic hydroxyl groups is 1. The van der Waals surface area contributed by atoms with Gasteiger partial charge in [-0.05, 0) is 48.4 Å². The van der Waals surface area contributed by atoms with Crippen LogP contribution in [0.3, 0.4) is 0 Å². The number of hydrogen-bond acceptors (Lipinski definition) is 3. The molecule has 0 aliphatic carbocycles. The van der Waals surface area contributed by atoms with Gasteiger partial charge in [-0.1, -0.05) is 51.1 Å². The van der Waals surface area contributed by atoms with Gasteiger partial charge in [0.05, 0.1) is 12.6 Å². The highest BCUT2D eigenvalue weighted by atomic mass is 127. The molecule has 0 aliphatic heterocycles. The average molecular weight is 510 g/mol. The number of benzene rings is 1. The predicted octanol–water partition coefficient (Wildman–Crippen LogP) is 4.14. The summed E-state index contributed by atoms with van der Waals surface area (Å²) in [5.74, 6) is 0.716. The van der Waals surface area contributed by atoms with Gasteiger partial charge >= 0.3 is 0 Å². The van der Waals surface area contributed by atoms with Crippen LogP contribution in [0.25, 0.3) is 0 Å². The minimum atomic E-state index is -0.620. The number of nitrogens with zero attached hydrogens (tertiary/aromatic N) is 2. The first-order valence-electron chi connectivity index (χ1n) is 10.0. The highest BCUT2D eigenvalue weighted by Gasteiger charge is 2.14. The fourth-order valence-corrected chi connectivity index (χ4v) is 2.80. The van der Waals surface area contributed by atoms with Crippen LogP contribution in [-0.4, -0.2) is 35.7 Å².